The number of rotatable bonds is 7. The van der Waals surface area contributed by atoms with E-state index in [0.29, 0.717) is 19.6 Å². The maximum absolute atomic E-state index is 11.0. The molecule has 0 aliphatic carbocycles. The second kappa shape index (κ2) is 7.71. The van der Waals surface area contributed by atoms with Crippen LogP contribution < -0.4 is 10.1 Å². The van der Waals surface area contributed by atoms with E-state index in [1.54, 1.807) is 0 Å². The van der Waals surface area contributed by atoms with Gasteiger partial charge in [0.05, 0.1) is 13.5 Å². The minimum Gasteiger partial charge on any atom is -0.492 e. The van der Waals surface area contributed by atoms with Crippen molar-refractivity contribution < 1.29 is 14.3 Å². The number of hydrogen-bond acceptors (Lipinski definition) is 4. The summed E-state index contributed by atoms with van der Waals surface area (Å²) in [6.45, 7) is 5.26. The van der Waals surface area contributed by atoms with Gasteiger partial charge in [0, 0.05) is 12.6 Å². The first-order valence-electron chi connectivity index (χ1n) is 6.11. The molecule has 100 valence electrons. The molecule has 0 aliphatic rings. The molecule has 1 aromatic carbocycles. The molecule has 0 aliphatic heterocycles. The minimum absolute atomic E-state index is 0.0959. The van der Waals surface area contributed by atoms with Gasteiger partial charge in [0.15, 0.2) is 0 Å². The molecule has 1 unspecified atom stereocenters. The summed E-state index contributed by atoms with van der Waals surface area (Å²) in [5, 5.41) is 3.21. The number of nitrogens with one attached hydrogen (secondary N) is 1. The lowest BCUT2D eigenvalue weighted by Crippen LogP contribution is -2.32. The number of hydrogen-bond donors (Lipinski definition) is 1. The zero-order chi connectivity index (χ0) is 13.4. The van der Waals surface area contributed by atoms with Crippen molar-refractivity contribution in [2.75, 3.05) is 20.3 Å². The van der Waals surface area contributed by atoms with Gasteiger partial charge in [-0.05, 0) is 31.5 Å². The second-order valence-corrected chi connectivity index (χ2v) is 4.30. The molecule has 4 nitrogen and oxygen atoms in total. The summed E-state index contributed by atoms with van der Waals surface area (Å²) in [6.07, 6.45) is 0.376. The third-order valence-corrected chi connectivity index (χ3v) is 2.55. The molecule has 0 aromatic heterocycles. The summed E-state index contributed by atoms with van der Waals surface area (Å²) in [4.78, 5) is 11.0. The van der Waals surface area contributed by atoms with Crippen LogP contribution in [0.2, 0.25) is 0 Å². The maximum Gasteiger partial charge on any atom is 0.307 e. The molecule has 1 N–H and O–H groups in total. The average molecular weight is 251 g/mol. The number of ether oxygens (including phenoxy) is 2. The second-order valence-electron chi connectivity index (χ2n) is 4.30. The number of benzene rings is 1. The molecular formula is C14H21NO3. The van der Waals surface area contributed by atoms with E-state index in [0.717, 1.165) is 5.75 Å². The highest BCUT2D eigenvalue weighted by atomic mass is 16.5. The van der Waals surface area contributed by atoms with Crippen molar-refractivity contribution in [3.63, 3.8) is 0 Å². The van der Waals surface area contributed by atoms with Gasteiger partial charge < -0.3 is 14.8 Å². The van der Waals surface area contributed by atoms with Crippen LogP contribution in [0, 0.1) is 6.92 Å². The Labute approximate surface area is 108 Å². The third kappa shape index (κ3) is 5.68. The van der Waals surface area contributed by atoms with Crippen LogP contribution in [-0.2, 0) is 9.53 Å². The van der Waals surface area contributed by atoms with E-state index in [1.165, 1.54) is 12.7 Å². The molecule has 4 heteroatoms. The highest BCUT2D eigenvalue weighted by Crippen LogP contribution is 2.11. The van der Waals surface area contributed by atoms with E-state index in [2.05, 4.69) is 10.1 Å². The zero-order valence-corrected chi connectivity index (χ0v) is 11.2. The van der Waals surface area contributed by atoms with Crippen molar-refractivity contribution in [1.29, 1.82) is 0 Å². The fraction of sp³-hybridized carbons (Fsp3) is 0.500. The topological polar surface area (TPSA) is 47.6 Å². The van der Waals surface area contributed by atoms with Crippen molar-refractivity contribution in [3.8, 4) is 5.75 Å². The third-order valence-electron chi connectivity index (χ3n) is 2.55. The van der Waals surface area contributed by atoms with Gasteiger partial charge in [-0.15, -0.1) is 0 Å². The van der Waals surface area contributed by atoms with Gasteiger partial charge in [-0.25, -0.2) is 0 Å². The Kier molecular flexibility index (Phi) is 6.22. The van der Waals surface area contributed by atoms with E-state index in [-0.39, 0.29) is 12.0 Å². The fourth-order valence-corrected chi connectivity index (χ4v) is 1.58. The van der Waals surface area contributed by atoms with Crippen LogP contribution in [0.15, 0.2) is 24.3 Å². The van der Waals surface area contributed by atoms with Crippen LogP contribution in [0.5, 0.6) is 5.75 Å². The molecule has 1 atom stereocenters. The van der Waals surface area contributed by atoms with Crippen molar-refractivity contribution in [2.24, 2.45) is 0 Å². The average Bonchev–Trinajstić information content (AvgIpc) is 2.34. The first-order valence-corrected chi connectivity index (χ1v) is 6.11. The lowest BCUT2D eigenvalue weighted by atomic mass is 10.2. The molecule has 0 saturated heterocycles. The molecule has 0 amide bonds. The first kappa shape index (κ1) is 14.5. The number of carbonyl (C=O) groups is 1. The van der Waals surface area contributed by atoms with Gasteiger partial charge in [0.25, 0.3) is 0 Å². The molecule has 0 spiro atoms. The van der Waals surface area contributed by atoms with Crippen LogP contribution in [0.25, 0.3) is 0 Å². The minimum atomic E-state index is -0.199. The van der Waals surface area contributed by atoms with Gasteiger partial charge >= 0.3 is 5.97 Å². The summed E-state index contributed by atoms with van der Waals surface area (Å²) in [5.74, 6) is 0.673. The first-order chi connectivity index (χ1) is 8.61. The number of carbonyl (C=O) groups excluding carboxylic acids is 1. The van der Waals surface area contributed by atoms with E-state index < -0.39 is 0 Å². The Morgan fingerprint density at radius 2 is 2.22 bits per heavy atom. The largest absolute Gasteiger partial charge is 0.492 e. The molecular weight excluding hydrogens is 230 g/mol. The summed E-state index contributed by atoms with van der Waals surface area (Å²) >= 11 is 0. The Morgan fingerprint density at radius 1 is 1.44 bits per heavy atom. The van der Waals surface area contributed by atoms with Gasteiger partial charge in [-0.2, -0.15) is 0 Å². The van der Waals surface area contributed by atoms with E-state index in [9.17, 15) is 4.79 Å². The van der Waals surface area contributed by atoms with E-state index >= 15 is 0 Å². The van der Waals surface area contributed by atoms with Crippen LogP contribution in [0.3, 0.4) is 0 Å². The predicted molar refractivity (Wildman–Crippen MR) is 70.8 cm³/mol. The van der Waals surface area contributed by atoms with Crippen molar-refractivity contribution in [2.45, 2.75) is 26.3 Å². The van der Waals surface area contributed by atoms with Crippen molar-refractivity contribution in [3.05, 3.63) is 29.8 Å². The smallest absolute Gasteiger partial charge is 0.307 e. The fourth-order valence-electron chi connectivity index (χ4n) is 1.58. The Hall–Kier alpha value is -1.55. The molecule has 0 bridgehead atoms. The normalized spacial score (nSPS) is 11.9. The van der Waals surface area contributed by atoms with Crippen LogP contribution in [0.4, 0.5) is 0 Å². The Morgan fingerprint density at radius 3 is 2.89 bits per heavy atom. The standard InChI is InChI=1S/C14H21NO3/c1-11-5-4-6-13(9-11)18-8-7-15-12(2)10-14(16)17-3/h4-6,9,12,15H,7-8,10H2,1-3H3. The van der Waals surface area contributed by atoms with Crippen LogP contribution in [0.1, 0.15) is 18.9 Å². The summed E-state index contributed by atoms with van der Waals surface area (Å²) in [5.41, 5.74) is 1.18. The molecule has 0 heterocycles. The monoisotopic (exact) mass is 251 g/mol. The summed E-state index contributed by atoms with van der Waals surface area (Å²) in [7, 11) is 1.40. The lowest BCUT2D eigenvalue weighted by molar-refractivity contribution is -0.141. The quantitative estimate of drug-likeness (QED) is 0.594. The van der Waals surface area contributed by atoms with Crippen molar-refractivity contribution in [1.82, 2.24) is 5.32 Å². The molecule has 18 heavy (non-hydrogen) atoms. The van der Waals surface area contributed by atoms with Crippen molar-refractivity contribution >= 4 is 5.97 Å². The Bertz CT molecular complexity index is 379. The van der Waals surface area contributed by atoms with Crippen LogP contribution >= 0.6 is 0 Å². The highest BCUT2D eigenvalue weighted by Gasteiger charge is 2.07. The zero-order valence-electron chi connectivity index (χ0n) is 11.2. The SMILES string of the molecule is COC(=O)CC(C)NCCOc1cccc(C)c1. The number of esters is 1. The Balaban J connectivity index is 2.17. The summed E-state index contributed by atoms with van der Waals surface area (Å²) in [6, 6.07) is 8.03. The van der Waals surface area contributed by atoms with Gasteiger partial charge in [0.2, 0.25) is 0 Å². The molecule has 0 fully saturated rings. The molecule has 0 saturated carbocycles. The van der Waals surface area contributed by atoms with Crippen LogP contribution in [-0.4, -0.2) is 32.3 Å². The molecule has 1 aromatic rings. The van der Waals surface area contributed by atoms with Gasteiger partial charge in [-0.3, -0.25) is 4.79 Å². The van der Waals surface area contributed by atoms with E-state index in [1.807, 2.05) is 38.1 Å². The predicted octanol–water partition coefficient (Wildman–Crippen LogP) is 1.92. The molecule has 0 radical (unpaired) electrons. The van der Waals surface area contributed by atoms with E-state index in [4.69, 9.17) is 4.74 Å². The summed E-state index contributed by atoms with van der Waals surface area (Å²) < 4.78 is 10.2. The number of methoxy groups -OCH3 is 1. The molecule has 1 rings (SSSR count). The van der Waals surface area contributed by atoms with Gasteiger partial charge in [-0.1, -0.05) is 12.1 Å². The highest BCUT2D eigenvalue weighted by molar-refractivity contribution is 5.69. The maximum atomic E-state index is 11.0. The number of aryl methyl sites for hydroxylation is 1. The lowest BCUT2D eigenvalue weighted by Gasteiger charge is -2.13. The van der Waals surface area contributed by atoms with Gasteiger partial charge in [0.1, 0.15) is 12.4 Å².